The quantitative estimate of drug-likeness (QED) is 0.666. The highest BCUT2D eigenvalue weighted by atomic mass is 16.1. The molecule has 0 saturated carbocycles. The van der Waals surface area contributed by atoms with Crippen LogP contribution < -0.4 is 0 Å². The predicted octanol–water partition coefficient (Wildman–Crippen LogP) is 2.72. The van der Waals surface area contributed by atoms with Gasteiger partial charge in [-0.3, -0.25) is 0 Å². The lowest BCUT2D eigenvalue weighted by Gasteiger charge is -2.39. The van der Waals surface area contributed by atoms with Crippen molar-refractivity contribution in [2.24, 2.45) is 10.8 Å². The summed E-state index contributed by atoms with van der Waals surface area (Å²) in [4.78, 5) is 13.5. The Kier molecular flexibility index (Phi) is 3.93. The van der Waals surface area contributed by atoms with E-state index in [1.54, 1.807) is 0 Å². The summed E-state index contributed by atoms with van der Waals surface area (Å²) in [5, 5.41) is 0. The molecule has 1 unspecified atom stereocenters. The van der Waals surface area contributed by atoms with Crippen LogP contribution in [0.5, 0.6) is 0 Å². The summed E-state index contributed by atoms with van der Waals surface area (Å²) in [6, 6.07) is 0. The van der Waals surface area contributed by atoms with Gasteiger partial charge in [-0.15, -0.1) is 0 Å². The number of hydrogen-bond donors (Lipinski definition) is 0. The minimum Gasteiger partial charge on any atom is -0.303 e. The number of carbonyl (C=O) groups is 1. The number of nitrogens with zero attached hydrogens (tertiary/aromatic N) is 1. The van der Waals surface area contributed by atoms with Gasteiger partial charge in [0.2, 0.25) is 0 Å². The van der Waals surface area contributed by atoms with Crippen molar-refractivity contribution >= 4 is 6.29 Å². The van der Waals surface area contributed by atoms with Crippen molar-refractivity contribution in [2.45, 2.75) is 47.0 Å². The number of likely N-dealkylation sites (tertiary alicyclic amines) is 1. The molecule has 0 N–H and O–H groups in total. The first kappa shape index (κ1) is 12.7. The van der Waals surface area contributed by atoms with Crippen LogP contribution in [0, 0.1) is 10.8 Å². The third-order valence-corrected chi connectivity index (χ3v) is 3.89. The molecule has 0 aromatic heterocycles. The highest BCUT2D eigenvalue weighted by Gasteiger charge is 2.30. The van der Waals surface area contributed by atoms with E-state index in [4.69, 9.17) is 0 Å². The molecule has 0 radical (unpaired) electrons. The van der Waals surface area contributed by atoms with Crippen molar-refractivity contribution in [3.8, 4) is 0 Å². The maximum Gasteiger partial charge on any atom is 0.127 e. The molecule has 1 fully saturated rings. The topological polar surface area (TPSA) is 20.3 Å². The van der Waals surface area contributed by atoms with Crippen molar-refractivity contribution in [1.82, 2.24) is 4.90 Å². The molecule has 0 aliphatic carbocycles. The van der Waals surface area contributed by atoms with Crippen LogP contribution in [0.1, 0.15) is 47.0 Å². The van der Waals surface area contributed by atoms with E-state index in [2.05, 4.69) is 32.6 Å². The third kappa shape index (κ3) is 3.60. The standard InChI is InChI=1S/C13H25NO/c1-5-13(4,11-15)10-14-8-6-12(2,3)7-9-14/h11H,5-10H2,1-4H3. The summed E-state index contributed by atoms with van der Waals surface area (Å²) in [7, 11) is 0. The minimum absolute atomic E-state index is 0.137. The number of piperidine rings is 1. The van der Waals surface area contributed by atoms with Gasteiger partial charge in [-0.1, -0.05) is 27.7 Å². The molecule has 1 rings (SSSR count). The minimum atomic E-state index is -0.137. The van der Waals surface area contributed by atoms with Crippen LogP contribution >= 0.6 is 0 Å². The van der Waals surface area contributed by atoms with Crippen LogP contribution in [0.15, 0.2) is 0 Å². The van der Waals surface area contributed by atoms with Gasteiger partial charge in [0.1, 0.15) is 6.29 Å². The molecule has 0 aromatic carbocycles. The molecule has 0 bridgehead atoms. The normalized spacial score (nSPS) is 25.9. The Morgan fingerprint density at radius 1 is 1.33 bits per heavy atom. The zero-order valence-electron chi connectivity index (χ0n) is 10.7. The van der Waals surface area contributed by atoms with Crippen molar-refractivity contribution in [3.05, 3.63) is 0 Å². The predicted molar refractivity (Wildman–Crippen MR) is 63.9 cm³/mol. The lowest BCUT2D eigenvalue weighted by molar-refractivity contribution is -0.116. The first-order valence-electron chi connectivity index (χ1n) is 6.09. The van der Waals surface area contributed by atoms with E-state index in [9.17, 15) is 4.79 Å². The molecule has 2 nitrogen and oxygen atoms in total. The number of rotatable bonds is 4. The lowest BCUT2D eigenvalue weighted by Crippen LogP contribution is -2.43. The van der Waals surface area contributed by atoms with Gasteiger partial charge in [-0.05, 0) is 37.8 Å². The van der Waals surface area contributed by atoms with Crippen LogP contribution in [0.3, 0.4) is 0 Å². The first-order chi connectivity index (χ1) is 6.91. The zero-order chi connectivity index (χ0) is 11.5. The van der Waals surface area contributed by atoms with E-state index >= 15 is 0 Å². The summed E-state index contributed by atoms with van der Waals surface area (Å²) in [5.74, 6) is 0. The van der Waals surface area contributed by atoms with Crippen LogP contribution in [-0.4, -0.2) is 30.8 Å². The molecule has 1 aliphatic rings. The first-order valence-corrected chi connectivity index (χ1v) is 6.09. The van der Waals surface area contributed by atoms with Crippen LogP contribution in [-0.2, 0) is 4.79 Å². The fraction of sp³-hybridized carbons (Fsp3) is 0.923. The Labute approximate surface area is 94.0 Å². The maximum atomic E-state index is 11.0. The molecule has 15 heavy (non-hydrogen) atoms. The Bertz CT molecular complexity index is 215. The molecule has 1 atom stereocenters. The van der Waals surface area contributed by atoms with Crippen molar-refractivity contribution in [3.63, 3.8) is 0 Å². The van der Waals surface area contributed by atoms with Crippen molar-refractivity contribution in [1.29, 1.82) is 0 Å². The second kappa shape index (κ2) is 4.65. The molecule has 88 valence electrons. The summed E-state index contributed by atoms with van der Waals surface area (Å²) in [6.45, 7) is 12.1. The number of carbonyl (C=O) groups excluding carboxylic acids is 1. The molecule has 0 aromatic rings. The van der Waals surface area contributed by atoms with E-state index in [1.807, 2.05) is 0 Å². The van der Waals surface area contributed by atoms with Crippen molar-refractivity contribution in [2.75, 3.05) is 19.6 Å². The smallest absolute Gasteiger partial charge is 0.127 e. The van der Waals surface area contributed by atoms with E-state index in [-0.39, 0.29) is 5.41 Å². The average molecular weight is 211 g/mol. The molecule has 1 heterocycles. The second-order valence-electron chi connectivity index (χ2n) is 6.07. The number of hydrogen-bond acceptors (Lipinski definition) is 2. The molecular formula is C13H25NO. The third-order valence-electron chi connectivity index (χ3n) is 3.89. The fourth-order valence-corrected chi connectivity index (χ4v) is 2.06. The monoisotopic (exact) mass is 211 g/mol. The summed E-state index contributed by atoms with van der Waals surface area (Å²) in [5.41, 5.74) is 0.363. The molecule has 0 amide bonds. The second-order valence-corrected chi connectivity index (χ2v) is 6.07. The fourth-order valence-electron chi connectivity index (χ4n) is 2.06. The van der Waals surface area contributed by atoms with E-state index < -0.39 is 0 Å². The molecule has 2 heteroatoms. The molecular weight excluding hydrogens is 186 g/mol. The summed E-state index contributed by atoms with van der Waals surface area (Å²) >= 11 is 0. The van der Waals surface area contributed by atoms with Gasteiger partial charge in [0.05, 0.1) is 0 Å². The summed E-state index contributed by atoms with van der Waals surface area (Å²) in [6.07, 6.45) is 4.58. The van der Waals surface area contributed by atoms with Crippen molar-refractivity contribution < 1.29 is 4.79 Å². The van der Waals surface area contributed by atoms with E-state index in [1.165, 1.54) is 12.8 Å². The Balaban J connectivity index is 2.45. The van der Waals surface area contributed by atoms with Crippen LogP contribution in [0.2, 0.25) is 0 Å². The van der Waals surface area contributed by atoms with E-state index in [0.29, 0.717) is 5.41 Å². The van der Waals surface area contributed by atoms with Gasteiger partial charge in [0, 0.05) is 12.0 Å². The molecule has 0 spiro atoms. The van der Waals surface area contributed by atoms with Gasteiger partial charge in [-0.25, -0.2) is 0 Å². The van der Waals surface area contributed by atoms with Crippen LogP contribution in [0.4, 0.5) is 0 Å². The van der Waals surface area contributed by atoms with Gasteiger partial charge in [-0.2, -0.15) is 0 Å². The number of aldehydes is 1. The Morgan fingerprint density at radius 2 is 1.87 bits per heavy atom. The highest BCUT2D eigenvalue weighted by molar-refractivity contribution is 5.58. The van der Waals surface area contributed by atoms with Gasteiger partial charge in [0.25, 0.3) is 0 Å². The Morgan fingerprint density at radius 3 is 2.27 bits per heavy atom. The van der Waals surface area contributed by atoms with Crippen LogP contribution in [0.25, 0.3) is 0 Å². The largest absolute Gasteiger partial charge is 0.303 e. The lowest BCUT2D eigenvalue weighted by atomic mass is 9.81. The van der Waals surface area contributed by atoms with Gasteiger partial charge >= 0.3 is 0 Å². The zero-order valence-corrected chi connectivity index (χ0v) is 10.7. The highest BCUT2D eigenvalue weighted by Crippen LogP contribution is 2.31. The average Bonchev–Trinajstić information content (AvgIpc) is 2.21. The van der Waals surface area contributed by atoms with Gasteiger partial charge in [0.15, 0.2) is 0 Å². The summed E-state index contributed by atoms with van der Waals surface area (Å²) < 4.78 is 0. The maximum absolute atomic E-state index is 11.0. The molecule has 1 saturated heterocycles. The Hall–Kier alpha value is -0.370. The SMILES string of the molecule is CCC(C)(C=O)CN1CCC(C)(C)CC1. The van der Waals surface area contributed by atoms with E-state index in [0.717, 1.165) is 32.3 Å². The van der Waals surface area contributed by atoms with Gasteiger partial charge < -0.3 is 9.69 Å². The molecule has 1 aliphatic heterocycles.